The first-order chi connectivity index (χ1) is 5.83. The van der Waals surface area contributed by atoms with Crippen LogP contribution in [0.3, 0.4) is 0 Å². The van der Waals surface area contributed by atoms with Gasteiger partial charge in [-0.1, -0.05) is 0 Å². The minimum Gasteiger partial charge on any atom is -0.261 e. The first kappa shape index (κ1) is 8.62. The van der Waals surface area contributed by atoms with E-state index in [1.807, 2.05) is 19.1 Å². The SMILES string of the molecule is Cc1ccnc(CCN=C=O)c1. The number of hydrogen-bond acceptors (Lipinski definition) is 3. The van der Waals surface area contributed by atoms with E-state index in [1.54, 1.807) is 6.20 Å². The van der Waals surface area contributed by atoms with Crippen molar-refractivity contribution in [1.29, 1.82) is 0 Å². The van der Waals surface area contributed by atoms with Crippen molar-refractivity contribution in [2.24, 2.45) is 4.99 Å². The minimum absolute atomic E-state index is 0.472. The van der Waals surface area contributed by atoms with Crippen LogP contribution in [0.2, 0.25) is 0 Å². The molecule has 0 saturated heterocycles. The van der Waals surface area contributed by atoms with Crippen molar-refractivity contribution in [3.05, 3.63) is 29.6 Å². The third kappa shape index (κ3) is 2.64. The molecule has 1 aromatic rings. The van der Waals surface area contributed by atoms with E-state index in [-0.39, 0.29) is 0 Å². The average molecular weight is 162 g/mol. The van der Waals surface area contributed by atoms with Crippen molar-refractivity contribution in [1.82, 2.24) is 4.98 Å². The normalized spacial score (nSPS) is 9.08. The third-order valence-electron chi connectivity index (χ3n) is 1.52. The highest BCUT2D eigenvalue weighted by molar-refractivity contribution is 5.32. The molecule has 3 heteroatoms. The Morgan fingerprint density at radius 3 is 3.17 bits per heavy atom. The molecule has 0 aliphatic carbocycles. The zero-order valence-corrected chi connectivity index (χ0v) is 6.95. The van der Waals surface area contributed by atoms with Crippen LogP contribution in [0.5, 0.6) is 0 Å². The Hall–Kier alpha value is -1.47. The molecule has 62 valence electrons. The fourth-order valence-electron chi connectivity index (χ4n) is 0.952. The monoisotopic (exact) mass is 162 g/mol. The molecule has 0 atom stereocenters. The van der Waals surface area contributed by atoms with Crippen LogP contribution in [-0.4, -0.2) is 17.6 Å². The van der Waals surface area contributed by atoms with Gasteiger partial charge >= 0.3 is 0 Å². The van der Waals surface area contributed by atoms with Crippen LogP contribution in [-0.2, 0) is 11.2 Å². The van der Waals surface area contributed by atoms with E-state index in [2.05, 4.69) is 9.98 Å². The fourth-order valence-corrected chi connectivity index (χ4v) is 0.952. The topological polar surface area (TPSA) is 42.3 Å². The number of isocyanates is 1. The van der Waals surface area contributed by atoms with E-state index in [0.717, 1.165) is 5.69 Å². The van der Waals surface area contributed by atoms with Crippen LogP contribution < -0.4 is 0 Å². The number of hydrogen-bond donors (Lipinski definition) is 0. The number of aryl methyl sites for hydroxylation is 1. The maximum atomic E-state index is 9.75. The molecule has 0 N–H and O–H groups in total. The van der Waals surface area contributed by atoms with Crippen LogP contribution in [0.4, 0.5) is 0 Å². The lowest BCUT2D eigenvalue weighted by molar-refractivity contribution is 0.563. The molecule has 0 fully saturated rings. The number of pyridine rings is 1. The zero-order chi connectivity index (χ0) is 8.81. The summed E-state index contributed by atoms with van der Waals surface area (Å²) in [4.78, 5) is 17.3. The Morgan fingerprint density at radius 1 is 1.67 bits per heavy atom. The van der Waals surface area contributed by atoms with Gasteiger partial charge < -0.3 is 0 Å². The van der Waals surface area contributed by atoms with Crippen LogP contribution in [0.1, 0.15) is 11.3 Å². The maximum Gasteiger partial charge on any atom is 0.234 e. The van der Waals surface area contributed by atoms with E-state index in [0.29, 0.717) is 13.0 Å². The lowest BCUT2D eigenvalue weighted by atomic mass is 10.2. The summed E-state index contributed by atoms with van der Waals surface area (Å²) in [6, 6.07) is 3.92. The Labute approximate surface area is 71.2 Å². The van der Waals surface area contributed by atoms with E-state index < -0.39 is 0 Å². The molecule has 0 aliphatic heterocycles. The first-order valence-corrected chi connectivity index (χ1v) is 3.78. The summed E-state index contributed by atoms with van der Waals surface area (Å²) < 4.78 is 0. The molecule has 0 saturated carbocycles. The molecule has 3 nitrogen and oxygen atoms in total. The van der Waals surface area contributed by atoms with Crippen molar-refractivity contribution in [3.63, 3.8) is 0 Å². The number of carbonyl (C=O) groups excluding carboxylic acids is 1. The van der Waals surface area contributed by atoms with Crippen molar-refractivity contribution >= 4 is 6.08 Å². The quantitative estimate of drug-likeness (QED) is 0.496. The molecule has 12 heavy (non-hydrogen) atoms. The van der Waals surface area contributed by atoms with Gasteiger partial charge in [0.1, 0.15) is 0 Å². The van der Waals surface area contributed by atoms with Crippen molar-refractivity contribution in [2.75, 3.05) is 6.54 Å². The Bertz CT molecular complexity index is 303. The van der Waals surface area contributed by atoms with E-state index in [1.165, 1.54) is 11.6 Å². The van der Waals surface area contributed by atoms with Crippen LogP contribution in [0.25, 0.3) is 0 Å². The van der Waals surface area contributed by atoms with Gasteiger partial charge in [0.05, 0.1) is 6.54 Å². The first-order valence-electron chi connectivity index (χ1n) is 3.78. The summed E-state index contributed by atoms with van der Waals surface area (Å²) in [6.07, 6.45) is 3.96. The number of rotatable bonds is 3. The summed E-state index contributed by atoms with van der Waals surface area (Å²) in [5.74, 6) is 0. The second-order valence-corrected chi connectivity index (χ2v) is 2.55. The van der Waals surface area contributed by atoms with Crippen molar-refractivity contribution in [2.45, 2.75) is 13.3 Å². The molecule has 0 radical (unpaired) electrons. The molecule has 1 aromatic heterocycles. The van der Waals surface area contributed by atoms with Gasteiger partial charge in [0, 0.05) is 18.3 Å². The molecular formula is C9H10N2O. The van der Waals surface area contributed by atoms with Gasteiger partial charge in [-0.25, -0.2) is 9.79 Å². The van der Waals surface area contributed by atoms with Gasteiger partial charge in [-0.05, 0) is 24.6 Å². The highest BCUT2D eigenvalue weighted by Gasteiger charge is 1.92. The second kappa shape index (κ2) is 4.42. The summed E-state index contributed by atoms with van der Waals surface area (Å²) in [6.45, 7) is 2.48. The summed E-state index contributed by atoms with van der Waals surface area (Å²) >= 11 is 0. The third-order valence-corrected chi connectivity index (χ3v) is 1.52. The molecule has 0 amide bonds. The molecule has 1 heterocycles. The highest BCUT2D eigenvalue weighted by Crippen LogP contribution is 2.00. The van der Waals surface area contributed by atoms with E-state index in [9.17, 15) is 4.79 Å². The average Bonchev–Trinajstić information content (AvgIpc) is 2.05. The molecule has 1 rings (SSSR count). The second-order valence-electron chi connectivity index (χ2n) is 2.55. The van der Waals surface area contributed by atoms with Gasteiger partial charge in [-0.2, -0.15) is 0 Å². The van der Waals surface area contributed by atoms with Crippen molar-refractivity contribution in [3.8, 4) is 0 Å². The van der Waals surface area contributed by atoms with Gasteiger partial charge in [0.2, 0.25) is 6.08 Å². The number of nitrogens with zero attached hydrogens (tertiary/aromatic N) is 2. The molecule has 0 bridgehead atoms. The standard InChI is InChI=1S/C9H10N2O/c1-8-2-5-11-9(6-8)3-4-10-7-12/h2,5-6H,3-4H2,1H3. The lowest BCUT2D eigenvalue weighted by Gasteiger charge is -1.96. The van der Waals surface area contributed by atoms with Crippen LogP contribution >= 0.6 is 0 Å². The zero-order valence-electron chi connectivity index (χ0n) is 6.95. The Morgan fingerprint density at radius 2 is 2.50 bits per heavy atom. The molecule has 0 spiro atoms. The van der Waals surface area contributed by atoms with Crippen molar-refractivity contribution < 1.29 is 4.79 Å². The fraction of sp³-hybridized carbons (Fsp3) is 0.333. The van der Waals surface area contributed by atoms with Gasteiger partial charge in [0.15, 0.2) is 0 Å². The predicted octanol–water partition coefficient (Wildman–Crippen LogP) is 1.27. The van der Waals surface area contributed by atoms with Gasteiger partial charge in [-0.15, -0.1) is 0 Å². The van der Waals surface area contributed by atoms with Crippen LogP contribution in [0.15, 0.2) is 23.3 Å². The lowest BCUT2D eigenvalue weighted by Crippen LogP contribution is -1.93. The molecular weight excluding hydrogens is 152 g/mol. The van der Waals surface area contributed by atoms with E-state index >= 15 is 0 Å². The molecule has 0 aliphatic rings. The smallest absolute Gasteiger partial charge is 0.234 e. The predicted molar refractivity (Wildman–Crippen MR) is 45.7 cm³/mol. The summed E-state index contributed by atoms with van der Waals surface area (Å²) in [5.41, 5.74) is 2.14. The Kier molecular flexibility index (Phi) is 3.17. The molecule has 0 unspecified atom stereocenters. The largest absolute Gasteiger partial charge is 0.261 e. The summed E-state index contributed by atoms with van der Waals surface area (Å²) in [5, 5.41) is 0. The molecule has 0 aromatic carbocycles. The highest BCUT2D eigenvalue weighted by atomic mass is 16.1. The summed E-state index contributed by atoms with van der Waals surface area (Å²) in [7, 11) is 0. The maximum absolute atomic E-state index is 9.75. The van der Waals surface area contributed by atoms with E-state index in [4.69, 9.17) is 0 Å². The minimum atomic E-state index is 0.472. The number of aromatic nitrogens is 1. The van der Waals surface area contributed by atoms with Crippen LogP contribution in [0, 0.1) is 6.92 Å². The van der Waals surface area contributed by atoms with Gasteiger partial charge in [0.25, 0.3) is 0 Å². The van der Waals surface area contributed by atoms with Gasteiger partial charge in [-0.3, -0.25) is 4.98 Å². The number of aliphatic imine (C=N–C) groups is 1. The Balaban J connectivity index is 2.57.